The molecule has 0 saturated carbocycles. The molecule has 18 heavy (non-hydrogen) atoms. The maximum atomic E-state index is 10.1. The Morgan fingerprint density at radius 1 is 1.78 bits per heavy atom. The average molecular weight is 252 g/mol. The van der Waals surface area contributed by atoms with Crippen LogP contribution >= 0.6 is 0 Å². The van der Waals surface area contributed by atoms with Crippen LogP contribution in [-0.2, 0) is 9.53 Å². The van der Waals surface area contributed by atoms with Crippen LogP contribution in [0.4, 0.5) is 0 Å². The molecule has 0 aromatic heterocycles. The van der Waals surface area contributed by atoms with Gasteiger partial charge in [-0.3, -0.25) is 10.2 Å². The van der Waals surface area contributed by atoms with E-state index in [2.05, 4.69) is 11.4 Å². The zero-order chi connectivity index (χ0) is 13.5. The zero-order valence-corrected chi connectivity index (χ0v) is 10.0. The molecule has 7 heteroatoms. The average Bonchev–Trinajstić information content (AvgIpc) is 2.79. The normalized spacial score (nSPS) is 26.8. The van der Waals surface area contributed by atoms with Gasteiger partial charge in [-0.2, -0.15) is 5.26 Å². The number of ether oxygens (including phenoxy) is 1. The van der Waals surface area contributed by atoms with Gasteiger partial charge in [0.05, 0.1) is 24.7 Å². The molecule has 0 aromatic carbocycles. The monoisotopic (exact) mass is 252 g/mol. The van der Waals surface area contributed by atoms with Crippen molar-refractivity contribution in [2.45, 2.75) is 18.8 Å². The number of nitriles is 1. The Balaban J connectivity index is 2.60. The number of carbonyl (C=O) groups is 1. The highest BCUT2D eigenvalue weighted by Crippen LogP contribution is 2.27. The molecule has 1 rings (SSSR count). The third kappa shape index (κ3) is 3.55. The first-order valence-corrected chi connectivity index (χ1v) is 5.47. The van der Waals surface area contributed by atoms with E-state index in [1.54, 1.807) is 18.1 Å². The molecule has 1 fully saturated rings. The third-order valence-electron chi connectivity index (χ3n) is 2.65. The van der Waals surface area contributed by atoms with E-state index in [9.17, 15) is 4.79 Å². The molecule has 0 radical (unpaired) electrons. The molecule has 3 atom stereocenters. The van der Waals surface area contributed by atoms with Crippen LogP contribution in [0.1, 0.15) is 6.42 Å². The fraction of sp³-hybridized carbons (Fsp3) is 0.545. The molecule has 1 aliphatic heterocycles. The predicted octanol–water partition coefficient (Wildman–Crippen LogP) is -0.598. The molecular weight excluding hydrogens is 236 g/mol. The molecule has 7 nitrogen and oxygen atoms in total. The van der Waals surface area contributed by atoms with Gasteiger partial charge >= 0.3 is 0 Å². The summed E-state index contributed by atoms with van der Waals surface area (Å²) in [5, 5.41) is 27.5. The largest absolute Gasteiger partial charge is 0.394 e. The van der Waals surface area contributed by atoms with Crippen LogP contribution in [0.25, 0.3) is 0 Å². The molecule has 1 heterocycles. The minimum atomic E-state index is -0.451. The number of aliphatic hydroxyl groups is 1. The predicted molar refractivity (Wildman–Crippen MR) is 63.3 cm³/mol. The molecule has 3 unspecified atom stereocenters. The Morgan fingerprint density at radius 2 is 2.50 bits per heavy atom. The first kappa shape index (κ1) is 14.2. The van der Waals surface area contributed by atoms with E-state index in [-0.39, 0.29) is 24.5 Å². The van der Waals surface area contributed by atoms with Gasteiger partial charge in [-0.1, -0.05) is 0 Å². The SMILES string of the molecule is CN(/C=C\C(=N)NC=O)C1OC(CO)CC1C#N. The van der Waals surface area contributed by atoms with Gasteiger partial charge in [0.15, 0.2) is 0 Å². The van der Waals surface area contributed by atoms with Crippen molar-refractivity contribution in [3.05, 3.63) is 12.3 Å². The Labute approximate surface area is 105 Å². The van der Waals surface area contributed by atoms with Crippen molar-refractivity contribution in [3.63, 3.8) is 0 Å². The fourth-order valence-electron chi connectivity index (χ4n) is 1.75. The Hall–Kier alpha value is -1.91. The van der Waals surface area contributed by atoms with Gasteiger partial charge in [0.2, 0.25) is 6.41 Å². The maximum absolute atomic E-state index is 10.1. The summed E-state index contributed by atoms with van der Waals surface area (Å²) >= 11 is 0. The van der Waals surface area contributed by atoms with Gasteiger partial charge in [0, 0.05) is 13.2 Å². The lowest BCUT2D eigenvalue weighted by atomic mass is 10.1. The summed E-state index contributed by atoms with van der Waals surface area (Å²) in [6.07, 6.45) is 3.06. The van der Waals surface area contributed by atoms with E-state index < -0.39 is 6.23 Å². The molecular formula is C11H16N4O3. The standard InChI is InChI=1S/C11H16N4O3/c1-15(3-2-10(13)14-7-17)11-8(5-12)4-9(6-16)18-11/h2-3,7-9,11,16H,4,6H2,1H3,(H2,13,14,17)/b3-2-. The van der Waals surface area contributed by atoms with E-state index in [1.807, 2.05) is 0 Å². The second-order valence-corrected chi connectivity index (χ2v) is 3.96. The lowest BCUT2D eigenvalue weighted by molar-refractivity contribution is -0.108. The zero-order valence-electron chi connectivity index (χ0n) is 10.0. The molecule has 0 spiro atoms. The number of amides is 1. The van der Waals surface area contributed by atoms with Crippen LogP contribution in [0, 0.1) is 22.7 Å². The number of aliphatic hydroxyl groups excluding tert-OH is 1. The lowest BCUT2D eigenvalue weighted by Gasteiger charge is -2.24. The van der Waals surface area contributed by atoms with Crippen LogP contribution in [0.2, 0.25) is 0 Å². The summed E-state index contributed by atoms with van der Waals surface area (Å²) in [7, 11) is 1.71. The number of nitrogens with zero attached hydrogens (tertiary/aromatic N) is 2. The lowest BCUT2D eigenvalue weighted by Crippen LogP contribution is -2.32. The number of hydrogen-bond acceptors (Lipinski definition) is 6. The van der Waals surface area contributed by atoms with Gasteiger partial charge in [-0.15, -0.1) is 0 Å². The van der Waals surface area contributed by atoms with Crippen LogP contribution in [-0.4, -0.2) is 48.2 Å². The first-order valence-electron chi connectivity index (χ1n) is 5.47. The highest BCUT2D eigenvalue weighted by molar-refractivity contribution is 5.96. The van der Waals surface area contributed by atoms with E-state index in [0.717, 1.165) is 0 Å². The first-order chi connectivity index (χ1) is 8.62. The van der Waals surface area contributed by atoms with Crippen molar-refractivity contribution in [1.82, 2.24) is 10.2 Å². The fourth-order valence-corrected chi connectivity index (χ4v) is 1.75. The number of amidine groups is 1. The summed E-state index contributed by atoms with van der Waals surface area (Å²) in [6.45, 7) is -0.116. The summed E-state index contributed by atoms with van der Waals surface area (Å²) in [5.41, 5.74) is 0. The topological polar surface area (TPSA) is 109 Å². The van der Waals surface area contributed by atoms with E-state index in [1.165, 1.54) is 6.08 Å². The van der Waals surface area contributed by atoms with Crippen LogP contribution in [0.3, 0.4) is 0 Å². The summed E-state index contributed by atoms with van der Waals surface area (Å²) < 4.78 is 5.51. The van der Waals surface area contributed by atoms with Gasteiger partial charge < -0.3 is 20.1 Å². The molecule has 1 saturated heterocycles. The summed E-state index contributed by atoms with van der Waals surface area (Å²) in [5.74, 6) is -0.382. The van der Waals surface area contributed by atoms with E-state index in [0.29, 0.717) is 12.8 Å². The van der Waals surface area contributed by atoms with Crippen LogP contribution in [0.5, 0.6) is 0 Å². The highest BCUT2D eigenvalue weighted by atomic mass is 16.5. The molecule has 1 aliphatic rings. The molecule has 0 aromatic rings. The number of hydrogen-bond donors (Lipinski definition) is 3. The molecule has 3 N–H and O–H groups in total. The summed E-state index contributed by atoms with van der Waals surface area (Å²) in [6, 6.07) is 2.13. The molecule has 1 amide bonds. The van der Waals surface area contributed by atoms with E-state index in [4.69, 9.17) is 20.5 Å². The number of rotatable bonds is 5. The van der Waals surface area contributed by atoms with Crippen molar-refractivity contribution in [2.24, 2.45) is 5.92 Å². The Morgan fingerprint density at radius 3 is 3.06 bits per heavy atom. The quantitative estimate of drug-likeness (QED) is 0.344. The maximum Gasteiger partial charge on any atom is 0.212 e. The number of nitrogens with one attached hydrogen (secondary N) is 2. The van der Waals surface area contributed by atoms with E-state index >= 15 is 0 Å². The van der Waals surface area contributed by atoms with Crippen molar-refractivity contribution < 1.29 is 14.6 Å². The van der Waals surface area contributed by atoms with Gasteiger partial charge in [0.25, 0.3) is 0 Å². The van der Waals surface area contributed by atoms with Crippen molar-refractivity contribution in [2.75, 3.05) is 13.7 Å². The third-order valence-corrected chi connectivity index (χ3v) is 2.65. The highest BCUT2D eigenvalue weighted by Gasteiger charge is 2.36. The van der Waals surface area contributed by atoms with Crippen LogP contribution < -0.4 is 5.32 Å². The minimum absolute atomic E-state index is 0.0536. The van der Waals surface area contributed by atoms with Crippen molar-refractivity contribution in [1.29, 1.82) is 10.7 Å². The second-order valence-electron chi connectivity index (χ2n) is 3.96. The molecule has 0 bridgehead atoms. The molecule has 98 valence electrons. The minimum Gasteiger partial charge on any atom is -0.394 e. The number of carbonyl (C=O) groups excluding carboxylic acids is 1. The van der Waals surface area contributed by atoms with Crippen molar-refractivity contribution in [3.8, 4) is 6.07 Å². The molecule has 0 aliphatic carbocycles. The van der Waals surface area contributed by atoms with Gasteiger partial charge in [-0.25, -0.2) is 0 Å². The Kier molecular flexibility index (Phi) is 5.30. The van der Waals surface area contributed by atoms with Crippen molar-refractivity contribution >= 4 is 12.2 Å². The Bertz CT molecular complexity index is 377. The van der Waals surface area contributed by atoms with Gasteiger partial charge in [-0.05, 0) is 12.5 Å². The van der Waals surface area contributed by atoms with Gasteiger partial charge in [0.1, 0.15) is 12.1 Å². The second kappa shape index (κ2) is 6.74. The summed E-state index contributed by atoms with van der Waals surface area (Å²) in [4.78, 5) is 11.7. The van der Waals surface area contributed by atoms with Crippen LogP contribution in [0.15, 0.2) is 12.3 Å². The smallest absolute Gasteiger partial charge is 0.212 e.